The van der Waals surface area contributed by atoms with Gasteiger partial charge >= 0.3 is 0 Å². The summed E-state index contributed by atoms with van der Waals surface area (Å²) in [7, 11) is 0. The van der Waals surface area contributed by atoms with Crippen LogP contribution in [-0.4, -0.2) is 11.7 Å². The highest BCUT2D eigenvalue weighted by atomic mass is 79.9. The molecule has 0 fully saturated rings. The number of anilines is 1. The predicted octanol–water partition coefficient (Wildman–Crippen LogP) is 4.49. The molecular formula is C15H8BrCl2NO2. The first kappa shape index (κ1) is 14.6. The fourth-order valence-corrected chi connectivity index (χ4v) is 3.28. The van der Waals surface area contributed by atoms with Gasteiger partial charge in [-0.25, -0.2) is 0 Å². The van der Waals surface area contributed by atoms with Gasteiger partial charge in [0.25, 0.3) is 11.7 Å². The van der Waals surface area contributed by atoms with E-state index in [1.165, 1.54) is 4.90 Å². The minimum absolute atomic E-state index is 0.226. The van der Waals surface area contributed by atoms with E-state index in [0.717, 1.165) is 5.56 Å². The van der Waals surface area contributed by atoms with E-state index >= 15 is 0 Å². The normalized spacial score (nSPS) is 13.8. The topological polar surface area (TPSA) is 37.4 Å². The smallest absolute Gasteiger partial charge is 0.299 e. The Morgan fingerprint density at radius 2 is 1.86 bits per heavy atom. The molecule has 3 rings (SSSR count). The molecule has 1 heterocycles. The van der Waals surface area contributed by atoms with E-state index in [-0.39, 0.29) is 6.54 Å². The van der Waals surface area contributed by atoms with Crippen LogP contribution in [0.25, 0.3) is 0 Å². The Morgan fingerprint density at radius 3 is 2.57 bits per heavy atom. The molecule has 0 aromatic heterocycles. The highest BCUT2D eigenvalue weighted by Gasteiger charge is 2.37. The summed E-state index contributed by atoms with van der Waals surface area (Å²) in [5, 5.41) is 0.988. The van der Waals surface area contributed by atoms with Gasteiger partial charge in [0.2, 0.25) is 0 Å². The van der Waals surface area contributed by atoms with Crippen molar-refractivity contribution in [3.8, 4) is 0 Å². The zero-order valence-corrected chi connectivity index (χ0v) is 13.7. The lowest BCUT2D eigenvalue weighted by atomic mass is 10.1. The van der Waals surface area contributed by atoms with Crippen molar-refractivity contribution < 1.29 is 9.59 Å². The lowest BCUT2D eigenvalue weighted by Crippen LogP contribution is -2.29. The van der Waals surface area contributed by atoms with Gasteiger partial charge in [-0.05, 0) is 45.8 Å². The standard InChI is InChI=1S/C15H8BrCl2NO2/c16-10-2-1-3-12-13(10)14(20)15(21)19(12)7-8-4-5-9(17)6-11(8)18/h1-6H,7H2. The maximum absolute atomic E-state index is 12.2. The van der Waals surface area contributed by atoms with Crippen LogP contribution in [0.2, 0.25) is 10.0 Å². The van der Waals surface area contributed by atoms with Gasteiger partial charge in [0.15, 0.2) is 0 Å². The highest BCUT2D eigenvalue weighted by Crippen LogP contribution is 2.36. The quantitative estimate of drug-likeness (QED) is 0.715. The van der Waals surface area contributed by atoms with E-state index in [2.05, 4.69) is 15.9 Å². The second-order valence-corrected chi connectivity index (χ2v) is 6.29. The fourth-order valence-electron chi connectivity index (χ4n) is 2.28. The van der Waals surface area contributed by atoms with Crippen molar-refractivity contribution in [3.63, 3.8) is 0 Å². The molecule has 2 aromatic rings. The van der Waals surface area contributed by atoms with Gasteiger partial charge in [0, 0.05) is 14.5 Å². The summed E-state index contributed by atoms with van der Waals surface area (Å²) in [6.45, 7) is 0.226. The number of hydrogen-bond donors (Lipinski definition) is 0. The maximum atomic E-state index is 12.2. The SMILES string of the molecule is O=C1C(=O)N(Cc2ccc(Cl)cc2Cl)c2cccc(Br)c21. The average Bonchev–Trinajstić information content (AvgIpc) is 2.68. The van der Waals surface area contributed by atoms with E-state index in [9.17, 15) is 9.59 Å². The number of amides is 1. The molecule has 2 aromatic carbocycles. The van der Waals surface area contributed by atoms with Crippen molar-refractivity contribution in [1.82, 2.24) is 0 Å². The van der Waals surface area contributed by atoms with E-state index < -0.39 is 11.7 Å². The second kappa shape index (κ2) is 5.44. The lowest BCUT2D eigenvalue weighted by molar-refractivity contribution is -0.114. The van der Waals surface area contributed by atoms with Crippen LogP contribution in [0.3, 0.4) is 0 Å². The molecule has 0 radical (unpaired) electrons. The monoisotopic (exact) mass is 383 g/mol. The largest absolute Gasteiger partial charge is 0.300 e. The van der Waals surface area contributed by atoms with Crippen LogP contribution < -0.4 is 4.90 Å². The molecule has 0 aliphatic carbocycles. The number of Topliss-reactive ketones (excluding diaryl/α,β-unsaturated/α-hetero) is 1. The van der Waals surface area contributed by atoms with Gasteiger partial charge in [0.1, 0.15) is 0 Å². The fraction of sp³-hybridized carbons (Fsp3) is 0.0667. The number of carbonyl (C=O) groups is 2. The first-order chi connectivity index (χ1) is 9.99. The Kier molecular flexibility index (Phi) is 3.78. The third-order valence-electron chi connectivity index (χ3n) is 3.29. The van der Waals surface area contributed by atoms with Crippen molar-refractivity contribution in [2.75, 3.05) is 4.90 Å². The number of carbonyl (C=O) groups excluding carboxylic acids is 2. The second-order valence-electron chi connectivity index (χ2n) is 4.59. The number of nitrogens with zero attached hydrogens (tertiary/aromatic N) is 1. The molecule has 3 nitrogen and oxygen atoms in total. The van der Waals surface area contributed by atoms with Crippen LogP contribution in [0.5, 0.6) is 0 Å². The zero-order valence-electron chi connectivity index (χ0n) is 10.6. The van der Waals surface area contributed by atoms with Crippen LogP contribution in [0.4, 0.5) is 5.69 Å². The van der Waals surface area contributed by atoms with Gasteiger partial charge in [-0.2, -0.15) is 0 Å². The molecule has 0 N–H and O–H groups in total. The summed E-state index contributed by atoms with van der Waals surface area (Å²) < 4.78 is 0.614. The average molecular weight is 385 g/mol. The third kappa shape index (κ3) is 2.48. The highest BCUT2D eigenvalue weighted by molar-refractivity contribution is 9.10. The van der Waals surface area contributed by atoms with E-state index in [1.54, 1.807) is 36.4 Å². The first-order valence-electron chi connectivity index (χ1n) is 6.07. The van der Waals surface area contributed by atoms with Crippen molar-refractivity contribution in [1.29, 1.82) is 0 Å². The Hall–Kier alpha value is -1.36. The third-order valence-corrected chi connectivity index (χ3v) is 4.54. The molecule has 0 unspecified atom stereocenters. The summed E-state index contributed by atoms with van der Waals surface area (Å²) in [4.78, 5) is 25.7. The number of benzene rings is 2. The molecule has 1 amide bonds. The van der Waals surface area contributed by atoms with Crippen LogP contribution in [-0.2, 0) is 11.3 Å². The van der Waals surface area contributed by atoms with Crippen LogP contribution in [0, 0.1) is 0 Å². The number of ketones is 1. The molecule has 21 heavy (non-hydrogen) atoms. The maximum Gasteiger partial charge on any atom is 0.299 e. The van der Waals surface area contributed by atoms with Crippen molar-refractivity contribution in [3.05, 3.63) is 62.0 Å². The minimum Gasteiger partial charge on any atom is -0.300 e. The number of hydrogen-bond acceptors (Lipinski definition) is 2. The Balaban J connectivity index is 2.03. The van der Waals surface area contributed by atoms with Gasteiger partial charge < -0.3 is 4.90 Å². The summed E-state index contributed by atoms with van der Waals surface area (Å²) >= 11 is 15.3. The number of halogens is 3. The van der Waals surface area contributed by atoms with Crippen LogP contribution >= 0.6 is 39.1 Å². The first-order valence-corrected chi connectivity index (χ1v) is 7.62. The summed E-state index contributed by atoms with van der Waals surface area (Å²) in [6.07, 6.45) is 0. The van der Waals surface area contributed by atoms with E-state index in [0.29, 0.717) is 25.8 Å². The molecule has 0 atom stereocenters. The summed E-state index contributed by atoms with van der Waals surface area (Å²) in [6, 6.07) is 10.3. The van der Waals surface area contributed by atoms with Crippen molar-refractivity contribution in [2.45, 2.75) is 6.54 Å². The van der Waals surface area contributed by atoms with E-state index in [4.69, 9.17) is 23.2 Å². The van der Waals surface area contributed by atoms with Gasteiger partial charge in [-0.1, -0.05) is 35.3 Å². The van der Waals surface area contributed by atoms with Crippen molar-refractivity contribution >= 4 is 56.5 Å². The molecule has 1 aliphatic rings. The van der Waals surface area contributed by atoms with Crippen molar-refractivity contribution in [2.24, 2.45) is 0 Å². The molecule has 0 bridgehead atoms. The number of fused-ring (bicyclic) bond motifs is 1. The number of rotatable bonds is 2. The lowest BCUT2D eigenvalue weighted by Gasteiger charge is -2.17. The Labute approximate surface area is 139 Å². The molecule has 6 heteroatoms. The molecule has 0 saturated heterocycles. The zero-order chi connectivity index (χ0) is 15.1. The summed E-state index contributed by atoms with van der Waals surface area (Å²) in [5.41, 5.74) is 1.72. The van der Waals surface area contributed by atoms with Crippen LogP contribution in [0.1, 0.15) is 15.9 Å². The van der Waals surface area contributed by atoms with Gasteiger partial charge in [-0.15, -0.1) is 0 Å². The summed E-state index contributed by atoms with van der Waals surface area (Å²) in [5.74, 6) is -1.06. The molecule has 0 spiro atoms. The molecule has 1 aliphatic heterocycles. The Morgan fingerprint density at radius 1 is 1.10 bits per heavy atom. The predicted molar refractivity (Wildman–Crippen MR) is 86.1 cm³/mol. The van der Waals surface area contributed by atoms with Crippen LogP contribution in [0.15, 0.2) is 40.9 Å². The van der Waals surface area contributed by atoms with Gasteiger partial charge in [0.05, 0.1) is 17.8 Å². The van der Waals surface area contributed by atoms with E-state index in [1.807, 2.05) is 0 Å². The molecule has 0 saturated carbocycles. The Bertz CT molecular complexity index is 776. The molecular weight excluding hydrogens is 377 g/mol. The molecule has 106 valence electrons. The van der Waals surface area contributed by atoms with Gasteiger partial charge in [-0.3, -0.25) is 9.59 Å². The minimum atomic E-state index is -0.553.